The summed E-state index contributed by atoms with van der Waals surface area (Å²) in [6, 6.07) is 14.8. The van der Waals surface area contributed by atoms with Crippen LogP contribution in [0.3, 0.4) is 0 Å². The quantitative estimate of drug-likeness (QED) is 0.357. The standard InChI is InChI=1S/C27H30N4O4/c1-2-20(17-8-4-3-5-9-17)28-22-23(26(34)25(22)33)29-21-12-6-11-19(24(21)32)27(35)31-15-14-30-13-7-10-18(30)16-31/h3-6,8-9,11-12,18,20,28-29,32H,2,7,10,13-16H2,1H3/t18-,20+/m1/s1. The molecular formula is C27H30N4O4. The van der Waals surface area contributed by atoms with Gasteiger partial charge in [-0.3, -0.25) is 19.3 Å². The molecule has 3 N–H and O–H groups in total. The number of anilines is 3. The number of nitrogens with one attached hydrogen (secondary N) is 2. The van der Waals surface area contributed by atoms with E-state index in [4.69, 9.17) is 0 Å². The van der Waals surface area contributed by atoms with Crippen molar-refractivity contribution in [3.63, 3.8) is 0 Å². The lowest BCUT2D eigenvalue weighted by atomic mass is 10.0. The first-order valence-electron chi connectivity index (χ1n) is 12.2. The first-order chi connectivity index (χ1) is 17.0. The van der Waals surface area contributed by atoms with E-state index in [0.29, 0.717) is 25.6 Å². The van der Waals surface area contributed by atoms with Gasteiger partial charge in [0.15, 0.2) is 5.75 Å². The number of aromatic hydroxyl groups is 1. The predicted molar refractivity (Wildman–Crippen MR) is 136 cm³/mol. The summed E-state index contributed by atoms with van der Waals surface area (Å²) in [5.74, 6) is -0.448. The lowest BCUT2D eigenvalue weighted by Crippen LogP contribution is -2.52. The SMILES string of the molecule is CC[C@H](Nc1c(Nc2cccc(C(=O)N3CCN4CCC[C@@H]4C3)c2O)c(=O)c1=O)c1ccccc1. The Kier molecular flexibility index (Phi) is 6.30. The molecule has 2 atom stereocenters. The van der Waals surface area contributed by atoms with Gasteiger partial charge in [-0.2, -0.15) is 0 Å². The number of para-hydroxylation sites is 1. The number of fused-ring (bicyclic) bond motifs is 1. The van der Waals surface area contributed by atoms with Crippen molar-refractivity contribution in [2.75, 3.05) is 36.8 Å². The fraction of sp³-hybridized carbons (Fsp3) is 0.370. The second-order valence-electron chi connectivity index (χ2n) is 9.33. The molecule has 0 radical (unpaired) electrons. The minimum atomic E-state index is -0.649. The molecule has 3 aromatic carbocycles. The van der Waals surface area contributed by atoms with Crippen LogP contribution in [0.25, 0.3) is 0 Å². The molecule has 0 bridgehead atoms. The Hall–Kier alpha value is -3.65. The van der Waals surface area contributed by atoms with Crippen LogP contribution in [-0.2, 0) is 0 Å². The lowest BCUT2D eigenvalue weighted by Gasteiger charge is -2.37. The number of rotatable bonds is 7. The first-order valence-corrected chi connectivity index (χ1v) is 12.2. The predicted octanol–water partition coefficient (Wildman–Crippen LogP) is 3.22. The number of nitrogens with zero attached hydrogens (tertiary/aromatic N) is 2. The molecule has 182 valence electrons. The summed E-state index contributed by atoms with van der Waals surface area (Å²) < 4.78 is 0. The summed E-state index contributed by atoms with van der Waals surface area (Å²) in [5.41, 5.74) is 0.463. The molecular weight excluding hydrogens is 444 g/mol. The summed E-state index contributed by atoms with van der Waals surface area (Å²) >= 11 is 0. The smallest absolute Gasteiger partial charge is 0.257 e. The molecule has 2 fully saturated rings. The van der Waals surface area contributed by atoms with E-state index in [2.05, 4.69) is 15.5 Å². The van der Waals surface area contributed by atoms with Crippen LogP contribution in [0.1, 0.15) is 48.1 Å². The van der Waals surface area contributed by atoms with Gasteiger partial charge in [0, 0.05) is 25.7 Å². The van der Waals surface area contributed by atoms with E-state index in [1.807, 2.05) is 37.3 Å². The van der Waals surface area contributed by atoms with Crippen LogP contribution in [0.5, 0.6) is 5.75 Å². The minimum Gasteiger partial charge on any atom is -0.505 e. The van der Waals surface area contributed by atoms with Gasteiger partial charge in [0.05, 0.1) is 17.3 Å². The average Bonchev–Trinajstić information content (AvgIpc) is 3.37. The normalized spacial score (nSPS) is 18.9. The molecule has 35 heavy (non-hydrogen) atoms. The van der Waals surface area contributed by atoms with E-state index < -0.39 is 10.9 Å². The van der Waals surface area contributed by atoms with Gasteiger partial charge in [0.25, 0.3) is 16.8 Å². The maximum atomic E-state index is 13.2. The molecule has 5 rings (SSSR count). The van der Waals surface area contributed by atoms with Crippen LogP contribution in [0, 0.1) is 0 Å². The zero-order valence-electron chi connectivity index (χ0n) is 19.8. The van der Waals surface area contributed by atoms with Crippen molar-refractivity contribution in [1.29, 1.82) is 0 Å². The summed E-state index contributed by atoms with van der Waals surface area (Å²) in [4.78, 5) is 42.2. The molecule has 0 spiro atoms. The molecule has 0 saturated carbocycles. The molecule has 2 aliphatic heterocycles. The fourth-order valence-corrected chi connectivity index (χ4v) is 5.23. The van der Waals surface area contributed by atoms with Crippen molar-refractivity contribution in [1.82, 2.24) is 9.80 Å². The van der Waals surface area contributed by atoms with Crippen molar-refractivity contribution in [2.24, 2.45) is 0 Å². The highest BCUT2D eigenvalue weighted by Crippen LogP contribution is 2.34. The molecule has 0 aliphatic carbocycles. The summed E-state index contributed by atoms with van der Waals surface area (Å²) in [6.45, 7) is 5.19. The summed E-state index contributed by atoms with van der Waals surface area (Å²) in [7, 11) is 0. The van der Waals surface area contributed by atoms with E-state index in [1.165, 1.54) is 0 Å². The zero-order valence-corrected chi connectivity index (χ0v) is 19.8. The van der Waals surface area contributed by atoms with Crippen LogP contribution < -0.4 is 21.5 Å². The number of piperazine rings is 1. The Balaban J connectivity index is 1.36. The van der Waals surface area contributed by atoms with Crippen LogP contribution in [-0.4, -0.2) is 53.0 Å². The van der Waals surface area contributed by atoms with Crippen molar-refractivity contribution in [3.05, 3.63) is 80.1 Å². The molecule has 8 heteroatoms. The van der Waals surface area contributed by atoms with Gasteiger partial charge in [-0.1, -0.05) is 43.3 Å². The van der Waals surface area contributed by atoms with Gasteiger partial charge in [-0.25, -0.2) is 0 Å². The maximum Gasteiger partial charge on any atom is 0.257 e. The van der Waals surface area contributed by atoms with E-state index in [0.717, 1.165) is 31.5 Å². The number of hydrogen-bond donors (Lipinski definition) is 3. The van der Waals surface area contributed by atoms with Gasteiger partial charge in [0.2, 0.25) is 0 Å². The Bertz CT molecular complexity index is 1300. The third-order valence-corrected chi connectivity index (χ3v) is 7.24. The number of phenols is 1. The highest BCUT2D eigenvalue weighted by Gasteiger charge is 2.34. The molecule has 2 aliphatic rings. The van der Waals surface area contributed by atoms with Crippen molar-refractivity contribution in [3.8, 4) is 5.75 Å². The third kappa shape index (κ3) is 4.30. The molecule has 0 unspecified atom stereocenters. The Morgan fingerprint density at radius 3 is 2.57 bits per heavy atom. The van der Waals surface area contributed by atoms with Gasteiger partial charge >= 0.3 is 0 Å². The number of amides is 1. The van der Waals surface area contributed by atoms with E-state index in [-0.39, 0.29) is 40.3 Å². The molecule has 3 aromatic rings. The van der Waals surface area contributed by atoms with Gasteiger partial charge in [-0.05, 0) is 43.5 Å². The van der Waals surface area contributed by atoms with E-state index in [1.54, 1.807) is 23.1 Å². The lowest BCUT2D eigenvalue weighted by molar-refractivity contribution is 0.0568. The number of hydrogen-bond acceptors (Lipinski definition) is 7. The van der Waals surface area contributed by atoms with Crippen LogP contribution in [0.15, 0.2) is 58.1 Å². The monoisotopic (exact) mass is 474 g/mol. The Morgan fingerprint density at radius 2 is 1.80 bits per heavy atom. The third-order valence-electron chi connectivity index (χ3n) is 7.24. The second kappa shape index (κ2) is 9.54. The number of phenolic OH excluding ortho intramolecular Hbond substituents is 1. The van der Waals surface area contributed by atoms with Crippen molar-refractivity contribution in [2.45, 2.75) is 38.3 Å². The van der Waals surface area contributed by atoms with Gasteiger partial charge in [-0.15, -0.1) is 0 Å². The molecule has 1 amide bonds. The van der Waals surface area contributed by atoms with Crippen molar-refractivity contribution >= 4 is 23.0 Å². The van der Waals surface area contributed by atoms with Crippen LogP contribution >= 0.6 is 0 Å². The van der Waals surface area contributed by atoms with E-state index in [9.17, 15) is 19.5 Å². The topological polar surface area (TPSA) is 102 Å². The van der Waals surface area contributed by atoms with Crippen LogP contribution in [0.4, 0.5) is 17.1 Å². The maximum absolute atomic E-state index is 13.2. The Labute approximate surface area is 203 Å². The number of carbonyl (C=O) groups is 1. The molecule has 0 aromatic heterocycles. The highest BCUT2D eigenvalue weighted by molar-refractivity contribution is 5.99. The highest BCUT2D eigenvalue weighted by atomic mass is 16.3. The Morgan fingerprint density at radius 1 is 1.03 bits per heavy atom. The number of carbonyl (C=O) groups excluding carboxylic acids is 1. The van der Waals surface area contributed by atoms with E-state index >= 15 is 0 Å². The second-order valence-corrected chi connectivity index (χ2v) is 9.33. The molecule has 2 saturated heterocycles. The largest absolute Gasteiger partial charge is 0.505 e. The summed E-state index contributed by atoms with van der Waals surface area (Å²) in [6.07, 6.45) is 2.95. The fourth-order valence-electron chi connectivity index (χ4n) is 5.23. The van der Waals surface area contributed by atoms with Gasteiger partial charge < -0.3 is 20.6 Å². The molecule has 8 nitrogen and oxygen atoms in total. The van der Waals surface area contributed by atoms with Crippen molar-refractivity contribution < 1.29 is 9.90 Å². The first kappa shape index (κ1) is 23.1. The zero-order chi connectivity index (χ0) is 24.5. The minimum absolute atomic E-state index is 0.101. The average molecular weight is 475 g/mol. The molecule has 2 heterocycles. The van der Waals surface area contributed by atoms with Crippen LogP contribution in [0.2, 0.25) is 0 Å². The number of benzene rings is 2. The summed E-state index contributed by atoms with van der Waals surface area (Å²) in [5, 5.41) is 17.0. The van der Waals surface area contributed by atoms with Gasteiger partial charge in [0.1, 0.15) is 11.4 Å².